The fourth-order valence-electron chi connectivity index (χ4n) is 4.61. The van der Waals surface area contributed by atoms with E-state index in [-0.39, 0.29) is 24.9 Å². The molecule has 1 fully saturated rings. The van der Waals surface area contributed by atoms with E-state index in [0.29, 0.717) is 55.3 Å². The number of amides is 4. The van der Waals surface area contributed by atoms with E-state index in [1.54, 1.807) is 25.1 Å². The minimum Gasteiger partial charge on any atom is -0.382 e. The van der Waals surface area contributed by atoms with Gasteiger partial charge < -0.3 is 31.2 Å². The SMILES string of the molecule is CC[C@H](NC(=O)[C@H](CC(C)C)NC(=O)N1CCCCC1)C(=O)C(=O)NCCCn1cnc2c(N)nc(C)nc21. The van der Waals surface area contributed by atoms with Crippen LogP contribution in [0.2, 0.25) is 0 Å². The number of imidazole rings is 1. The van der Waals surface area contributed by atoms with Crippen molar-refractivity contribution in [3.8, 4) is 0 Å². The molecule has 0 spiro atoms. The van der Waals surface area contributed by atoms with Gasteiger partial charge in [0.2, 0.25) is 11.7 Å². The smallest absolute Gasteiger partial charge is 0.318 e. The van der Waals surface area contributed by atoms with E-state index >= 15 is 0 Å². The Labute approximate surface area is 228 Å². The Morgan fingerprint density at radius 2 is 1.77 bits per heavy atom. The molecule has 0 aliphatic carbocycles. The Kier molecular flexibility index (Phi) is 10.6. The summed E-state index contributed by atoms with van der Waals surface area (Å²) in [6.45, 7) is 9.46. The first-order valence-corrected chi connectivity index (χ1v) is 13.7. The molecule has 39 heavy (non-hydrogen) atoms. The van der Waals surface area contributed by atoms with Crippen molar-refractivity contribution < 1.29 is 19.2 Å². The molecular weight excluding hydrogens is 502 g/mol. The number of carbonyl (C=O) groups is 4. The zero-order valence-corrected chi connectivity index (χ0v) is 23.3. The molecule has 3 rings (SSSR count). The summed E-state index contributed by atoms with van der Waals surface area (Å²) in [5, 5.41) is 8.15. The molecule has 1 aliphatic rings. The van der Waals surface area contributed by atoms with E-state index in [1.165, 1.54) is 0 Å². The number of nitrogens with zero attached hydrogens (tertiary/aromatic N) is 5. The molecule has 1 aliphatic heterocycles. The van der Waals surface area contributed by atoms with Crippen LogP contribution in [0.1, 0.15) is 65.1 Å². The van der Waals surface area contributed by atoms with Gasteiger partial charge >= 0.3 is 6.03 Å². The summed E-state index contributed by atoms with van der Waals surface area (Å²) in [7, 11) is 0. The summed E-state index contributed by atoms with van der Waals surface area (Å²) >= 11 is 0. The standard InChI is InChI=1S/C26H41N9O4/c1-5-18(32-24(37)19(14-16(2)3)33-26(39)34-11-7-6-8-12-34)21(36)25(38)28-10-9-13-35-15-29-20-22(27)30-17(4)31-23(20)35/h15-16,18-19H,5-14H2,1-4H3,(H,28,38)(H,32,37)(H,33,39)(H2,27,30,31)/t18-,19-/m0/s1. The van der Waals surface area contributed by atoms with Gasteiger partial charge in [-0.2, -0.15) is 0 Å². The molecule has 2 atom stereocenters. The normalized spacial score (nSPS) is 15.2. The minimum absolute atomic E-state index is 0.140. The highest BCUT2D eigenvalue weighted by molar-refractivity contribution is 6.38. The van der Waals surface area contributed by atoms with Crippen LogP contribution < -0.4 is 21.7 Å². The number of nitrogens with one attached hydrogen (secondary N) is 3. The fourth-order valence-corrected chi connectivity index (χ4v) is 4.61. The number of likely N-dealkylation sites (tertiary alicyclic amines) is 1. The maximum Gasteiger partial charge on any atom is 0.318 e. The van der Waals surface area contributed by atoms with E-state index < -0.39 is 29.7 Å². The lowest BCUT2D eigenvalue weighted by molar-refractivity contribution is -0.140. The van der Waals surface area contributed by atoms with Gasteiger partial charge in [0, 0.05) is 26.2 Å². The molecule has 214 valence electrons. The lowest BCUT2D eigenvalue weighted by atomic mass is 10.0. The molecule has 0 saturated carbocycles. The Bertz CT molecular complexity index is 1170. The van der Waals surface area contributed by atoms with Gasteiger partial charge in [0.05, 0.1) is 12.4 Å². The van der Waals surface area contributed by atoms with E-state index in [9.17, 15) is 19.2 Å². The van der Waals surface area contributed by atoms with Crippen molar-refractivity contribution in [3.63, 3.8) is 0 Å². The number of aryl methyl sites for hydroxylation is 2. The van der Waals surface area contributed by atoms with E-state index in [1.807, 2.05) is 18.4 Å². The topological polar surface area (TPSA) is 177 Å². The Balaban J connectivity index is 1.51. The number of hydrogen-bond donors (Lipinski definition) is 4. The van der Waals surface area contributed by atoms with Crippen molar-refractivity contribution in [2.24, 2.45) is 5.92 Å². The number of aromatic nitrogens is 4. The highest BCUT2D eigenvalue weighted by Crippen LogP contribution is 2.16. The number of anilines is 1. The lowest BCUT2D eigenvalue weighted by Gasteiger charge is -2.30. The van der Waals surface area contributed by atoms with Crippen LogP contribution in [0, 0.1) is 12.8 Å². The molecule has 13 nitrogen and oxygen atoms in total. The monoisotopic (exact) mass is 543 g/mol. The highest BCUT2D eigenvalue weighted by Gasteiger charge is 2.30. The highest BCUT2D eigenvalue weighted by atomic mass is 16.2. The third-order valence-corrected chi connectivity index (χ3v) is 6.69. The summed E-state index contributed by atoms with van der Waals surface area (Å²) in [6.07, 6.45) is 5.77. The number of carbonyl (C=O) groups excluding carboxylic acids is 4. The van der Waals surface area contributed by atoms with Crippen LogP contribution in [-0.2, 0) is 20.9 Å². The lowest BCUT2D eigenvalue weighted by Crippen LogP contribution is -2.56. The van der Waals surface area contributed by atoms with Crippen molar-refractivity contribution in [2.75, 3.05) is 25.4 Å². The average Bonchev–Trinajstić information content (AvgIpc) is 3.31. The number of nitrogens with two attached hydrogens (primary N) is 1. The first-order valence-electron chi connectivity index (χ1n) is 13.7. The second kappa shape index (κ2) is 13.9. The van der Waals surface area contributed by atoms with Crippen molar-refractivity contribution in [3.05, 3.63) is 12.2 Å². The first-order chi connectivity index (χ1) is 18.6. The summed E-state index contributed by atoms with van der Waals surface area (Å²) < 4.78 is 1.82. The summed E-state index contributed by atoms with van der Waals surface area (Å²) in [4.78, 5) is 65.6. The summed E-state index contributed by atoms with van der Waals surface area (Å²) in [5.74, 6) is -0.968. The molecule has 0 unspecified atom stereocenters. The Hall–Kier alpha value is -3.77. The van der Waals surface area contributed by atoms with Gasteiger partial charge in [-0.15, -0.1) is 0 Å². The van der Waals surface area contributed by atoms with E-state index in [0.717, 1.165) is 19.3 Å². The summed E-state index contributed by atoms with van der Waals surface area (Å²) in [5.41, 5.74) is 7.03. The molecule has 3 heterocycles. The van der Waals surface area contributed by atoms with Crippen molar-refractivity contribution in [1.29, 1.82) is 0 Å². The number of ketones is 1. The zero-order chi connectivity index (χ0) is 28.5. The third kappa shape index (κ3) is 8.11. The van der Waals surface area contributed by atoms with Crippen LogP contribution in [0.4, 0.5) is 10.6 Å². The van der Waals surface area contributed by atoms with Crippen LogP contribution in [-0.4, -0.2) is 79.8 Å². The van der Waals surface area contributed by atoms with Crippen molar-refractivity contribution >= 4 is 40.6 Å². The predicted octanol–water partition coefficient (Wildman–Crippen LogP) is 1.30. The molecule has 2 aromatic rings. The maximum absolute atomic E-state index is 13.1. The van der Waals surface area contributed by atoms with Gasteiger partial charge in [0.1, 0.15) is 17.4 Å². The Morgan fingerprint density at radius 3 is 2.44 bits per heavy atom. The molecule has 5 N–H and O–H groups in total. The van der Waals surface area contributed by atoms with Gasteiger partial charge in [-0.05, 0) is 51.4 Å². The number of urea groups is 1. The second-order valence-electron chi connectivity index (χ2n) is 10.4. The Morgan fingerprint density at radius 1 is 1.05 bits per heavy atom. The minimum atomic E-state index is -0.987. The largest absolute Gasteiger partial charge is 0.382 e. The molecule has 0 aromatic carbocycles. The number of Topliss-reactive ketones (excluding diaryl/α,β-unsaturated/α-hetero) is 1. The first kappa shape index (κ1) is 29.8. The van der Waals surface area contributed by atoms with Crippen LogP contribution in [0.15, 0.2) is 6.33 Å². The van der Waals surface area contributed by atoms with Gasteiger partial charge in [0.25, 0.3) is 5.91 Å². The molecule has 0 radical (unpaired) electrons. The number of hydrogen-bond acceptors (Lipinski definition) is 8. The number of nitrogen functional groups attached to an aromatic ring is 1. The van der Waals surface area contributed by atoms with Crippen molar-refractivity contribution in [2.45, 2.75) is 84.8 Å². The van der Waals surface area contributed by atoms with Gasteiger partial charge in [-0.1, -0.05) is 20.8 Å². The number of rotatable bonds is 12. The molecule has 0 bridgehead atoms. The number of fused-ring (bicyclic) bond motifs is 1. The van der Waals surface area contributed by atoms with Gasteiger partial charge in [-0.25, -0.2) is 19.7 Å². The predicted molar refractivity (Wildman–Crippen MR) is 147 cm³/mol. The van der Waals surface area contributed by atoms with Crippen molar-refractivity contribution in [1.82, 2.24) is 40.4 Å². The summed E-state index contributed by atoms with van der Waals surface area (Å²) in [6, 6.07) is -2.06. The van der Waals surface area contributed by atoms with Crippen LogP contribution in [0.3, 0.4) is 0 Å². The molecule has 2 aromatic heterocycles. The molecule has 13 heteroatoms. The van der Waals surface area contributed by atoms with Crippen LogP contribution >= 0.6 is 0 Å². The zero-order valence-electron chi connectivity index (χ0n) is 23.3. The second-order valence-corrected chi connectivity index (χ2v) is 10.4. The third-order valence-electron chi connectivity index (χ3n) is 6.69. The molecule has 4 amide bonds. The van der Waals surface area contributed by atoms with Gasteiger partial charge in [-0.3, -0.25) is 14.4 Å². The molecular formula is C26H41N9O4. The quantitative estimate of drug-likeness (QED) is 0.229. The molecule has 1 saturated heterocycles. The van der Waals surface area contributed by atoms with Crippen LogP contribution in [0.5, 0.6) is 0 Å². The fraction of sp³-hybridized carbons (Fsp3) is 0.654. The number of piperidine rings is 1. The van der Waals surface area contributed by atoms with Gasteiger partial charge in [0.15, 0.2) is 11.5 Å². The average molecular weight is 544 g/mol. The van der Waals surface area contributed by atoms with E-state index in [2.05, 4.69) is 30.9 Å². The van der Waals surface area contributed by atoms with Crippen LogP contribution in [0.25, 0.3) is 11.2 Å². The maximum atomic E-state index is 13.1. The van der Waals surface area contributed by atoms with E-state index in [4.69, 9.17) is 5.73 Å².